The molecule has 1 heterocycles. The summed E-state index contributed by atoms with van der Waals surface area (Å²) in [5, 5.41) is 1.14. The van der Waals surface area contributed by atoms with Crippen LogP contribution in [0.1, 0.15) is 34.1 Å². The number of benzene rings is 2. The van der Waals surface area contributed by atoms with Gasteiger partial charge in [-0.3, -0.25) is 4.79 Å². The molecule has 2 aromatic carbocycles. The maximum absolute atomic E-state index is 12.6. The Balaban J connectivity index is 1.97. The monoisotopic (exact) mass is 280 g/mol. The Bertz CT molecular complexity index is 722. The molecule has 0 spiro atoms. The zero-order valence-corrected chi connectivity index (χ0v) is 12.2. The van der Waals surface area contributed by atoms with Gasteiger partial charge in [0.15, 0.2) is 0 Å². The zero-order valence-electron chi connectivity index (χ0n) is 11.4. The van der Waals surface area contributed by atoms with Gasteiger partial charge in [-0.25, -0.2) is 0 Å². The first-order chi connectivity index (χ1) is 9.78. The molecule has 1 nitrogen and oxygen atoms in total. The fourth-order valence-electron chi connectivity index (χ4n) is 2.39. The first kappa shape index (κ1) is 13.1. The molecule has 3 aromatic rings. The van der Waals surface area contributed by atoms with Crippen molar-refractivity contribution in [3.63, 3.8) is 0 Å². The molecule has 0 aliphatic rings. The van der Waals surface area contributed by atoms with E-state index in [0.29, 0.717) is 0 Å². The summed E-state index contributed by atoms with van der Waals surface area (Å²) in [6.45, 7) is 2.15. The van der Waals surface area contributed by atoms with E-state index in [9.17, 15) is 4.79 Å². The molecular weight excluding hydrogens is 264 g/mol. The third-order valence-corrected chi connectivity index (χ3v) is 4.49. The lowest BCUT2D eigenvalue weighted by Gasteiger charge is -2.02. The van der Waals surface area contributed by atoms with Crippen LogP contribution in [0.2, 0.25) is 0 Å². The van der Waals surface area contributed by atoms with Crippen LogP contribution >= 0.6 is 11.3 Å². The van der Waals surface area contributed by atoms with Gasteiger partial charge in [0.05, 0.1) is 4.88 Å². The van der Waals surface area contributed by atoms with Crippen LogP contribution in [0.3, 0.4) is 0 Å². The van der Waals surface area contributed by atoms with Crippen LogP contribution in [0.15, 0.2) is 54.6 Å². The minimum atomic E-state index is 0.129. The third kappa shape index (κ3) is 2.52. The van der Waals surface area contributed by atoms with Crippen molar-refractivity contribution >= 4 is 27.2 Å². The lowest BCUT2D eigenvalue weighted by atomic mass is 10.0. The van der Waals surface area contributed by atoms with Gasteiger partial charge in [0.2, 0.25) is 5.78 Å². The normalized spacial score (nSPS) is 10.8. The van der Waals surface area contributed by atoms with Crippen LogP contribution < -0.4 is 0 Å². The van der Waals surface area contributed by atoms with Gasteiger partial charge in [-0.15, -0.1) is 11.3 Å². The number of fused-ring (bicyclic) bond motifs is 1. The first-order valence-corrected chi connectivity index (χ1v) is 7.72. The Morgan fingerprint density at radius 3 is 2.70 bits per heavy atom. The highest BCUT2D eigenvalue weighted by molar-refractivity contribution is 7.21. The standard InChI is InChI=1S/C18H16OS/c1-2-6-13-7-5-9-15(11-13)18(19)17-12-14-8-3-4-10-16(14)20-17/h3-5,7-12H,2,6H2,1H3. The van der Waals surface area contributed by atoms with Crippen molar-refractivity contribution in [2.45, 2.75) is 19.8 Å². The molecule has 2 heteroatoms. The average Bonchev–Trinajstić information content (AvgIpc) is 2.91. The summed E-state index contributed by atoms with van der Waals surface area (Å²) in [6, 6.07) is 18.1. The predicted molar refractivity (Wildman–Crippen MR) is 85.7 cm³/mol. The molecule has 100 valence electrons. The highest BCUT2D eigenvalue weighted by Crippen LogP contribution is 2.27. The summed E-state index contributed by atoms with van der Waals surface area (Å²) in [4.78, 5) is 13.4. The summed E-state index contributed by atoms with van der Waals surface area (Å²) in [5.41, 5.74) is 2.03. The number of rotatable bonds is 4. The van der Waals surface area contributed by atoms with Crippen LogP contribution in [0.4, 0.5) is 0 Å². The van der Waals surface area contributed by atoms with Gasteiger partial charge in [0.1, 0.15) is 0 Å². The second-order valence-corrected chi connectivity index (χ2v) is 6.01. The molecule has 0 aliphatic heterocycles. The molecule has 1 aromatic heterocycles. The molecule has 3 rings (SSSR count). The Hall–Kier alpha value is -1.93. The van der Waals surface area contributed by atoms with E-state index in [4.69, 9.17) is 0 Å². The third-order valence-electron chi connectivity index (χ3n) is 3.38. The lowest BCUT2D eigenvalue weighted by molar-refractivity contribution is 0.104. The van der Waals surface area contributed by atoms with Gasteiger partial charge in [0.25, 0.3) is 0 Å². The molecule has 0 saturated carbocycles. The van der Waals surface area contributed by atoms with E-state index in [2.05, 4.69) is 25.1 Å². The molecule has 0 saturated heterocycles. The highest BCUT2D eigenvalue weighted by Gasteiger charge is 2.12. The summed E-state index contributed by atoms with van der Waals surface area (Å²) in [5.74, 6) is 0.129. The van der Waals surface area contributed by atoms with E-state index in [1.807, 2.05) is 36.4 Å². The first-order valence-electron chi connectivity index (χ1n) is 6.90. The Morgan fingerprint density at radius 2 is 1.90 bits per heavy atom. The quantitative estimate of drug-likeness (QED) is 0.609. The number of carbonyl (C=O) groups excluding carboxylic acids is 1. The van der Waals surface area contributed by atoms with Crippen LogP contribution in [-0.4, -0.2) is 5.78 Å². The van der Waals surface area contributed by atoms with Gasteiger partial charge < -0.3 is 0 Å². The number of ketones is 1. The number of thiophene rings is 1. The second kappa shape index (κ2) is 5.59. The fraction of sp³-hybridized carbons (Fsp3) is 0.167. The highest BCUT2D eigenvalue weighted by atomic mass is 32.1. The van der Waals surface area contributed by atoms with Crippen molar-refractivity contribution in [3.8, 4) is 0 Å². The van der Waals surface area contributed by atoms with Gasteiger partial charge >= 0.3 is 0 Å². The topological polar surface area (TPSA) is 17.1 Å². The number of hydrogen-bond acceptors (Lipinski definition) is 2. The molecule has 0 aliphatic carbocycles. The molecule has 0 unspecified atom stereocenters. The van der Waals surface area contributed by atoms with Gasteiger partial charge in [-0.05, 0) is 35.6 Å². The Labute approximate surface area is 122 Å². The van der Waals surface area contributed by atoms with Crippen molar-refractivity contribution in [1.29, 1.82) is 0 Å². The maximum Gasteiger partial charge on any atom is 0.202 e. The van der Waals surface area contributed by atoms with Crippen LogP contribution in [-0.2, 0) is 6.42 Å². The van der Waals surface area contributed by atoms with Crippen molar-refractivity contribution in [3.05, 3.63) is 70.6 Å². The van der Waals surface area contributed by atoms with Crippen LogP contribution in [0, 0.1) is 0 Å². The molecular formula is C18H16OS. The summed E-state index contributed by atoms with van der Waals surface area (Å²) in [7, 11) is 0. The molecule has 20 heavy (non-hydrogen) atoms. The minimum Gasteiger partial charge on any atom is -0.288 e. The fourth-order valence-corrected chi connectivity index (χ4v) is 3.42. The molecule has 0 amide bonds. The molecule has 0 atom stereocenters. The molecule has 0 fully saturated rings. The van der Waals surface area contributed by atoms with E-state index in [1.54, 1.807) is 11.3 Å². The van der Waals surface area contributed by atoms with E-state index >= 15 is 0 Å². The average molecular weight is 280 g/mol. The van der Waals surface area contributed by atoms with Crippen LogP contribution in [0.5, 0.6) is 0 Å². The predicted octanol–water partition coefficient (Wildman–Crippen LogP) is 5.08. The van der Waals surface area contributed by atoms with E-state index < -0.39 is 0 Å². The smallest absolute Gasteiger partial charge is 0.202 e. The molecule has 0 N–H and O–H groups in total. The zero-order chi connectivity index (χ0) is 13.9. The summed E-state index contributed by atoms with van der Waals surface area (Å²) >= 11 is 1.57. The van der Waals surface area contributed by atoms with Crippen molar-refractivity contribution in [2.24, 2.45) is 0 Å². The van der Waals surface area contributed by atoms with Crippen molar-refractivity contribution in [1.82, 2.24) is 0 Å². The number of hydrogen-bond donors (Lipinski definition) is 0. The Morgan fingerprint density at radius 1 is 1.05 bits per heavy atom. The second-order valence-electron chi connectivity index (χ2n) is 4.93. The summed E-state index contributed by atoms with van der Waals surface area (Å²) in [6.07, 6.45) is 2.12. The molecule has 0 radical (unpaired) electrons. The van der Waals surface area contributed by atoms with E-state index in [0.717, 1.165) is 28.7 Å². The maximum atomic E-state index is 12.6. The number of carbonyl (C=O) groups is 1. The van der Waals surface area contributed by atoms with Crippen molar-refractivity contribution < 1.29 is 4.79 Å². The van der Waals surface area contributed by atoms with E-state index in [-0.39, 0.29) is 5.78 Å². The SMILES string of the molecule is CCCc1cccc(C(=O)c2cc3ccccc3s2)c1. The van der Waals surface area contributed by atoms with E-state index in [1.165, 1.54) is 10.3 Å². The molecule has 0 bridgehead atoms. The number of aryl methyl sites for hydroxylation is 1. The van der Waals surface area contributed by atoms with Gasteiger partial charge in [0, 0.05) is 10.3 Å². The minimum absolute atomic E-state index is 0.129. The summed E-state index contributed by atoms with van der Waals surface area (Å²) < 4.78 is 1.17. The van der Waals surface area contributed by atoms with Gasteiger partial charge in [-0.1, -0.05) is 49.7 Å². The Kier molecular flexibility index (Phi) is 3.66. The lowest BCUT2D eigenvalue weighted by Crippen LogP contribution is -1.99. The van der Waals surface area contributed by atoms with Crippen LogP contribution in [0.25, 0.3) is 10.1 Å². The van der Waals surface area contributed by atoms with Gasteiger partial charge in [-0.2, -0.15) is 0 Å². The van der Waals surface area contributed by atoms with Crippen molar-refractivity contribution in [2.75, 3.05) is 0 Å². The largest absolute Gasteiger partial charge is 0.288 e.